The molecular weight excluding hydrogens is 138 g/mol. The number of rotatable bonds is 1. The third kappa shape index (κ3) is 1.30. The van der Waals surface area contributed by atoms with E-state index >= 15 is 0 Å². The molecule has 0 aromatic rings. The van der Waals surface area contributed by atoms with Crippen LogP contribution in [0.15, 0.2) is 0 Å². The van der Waals surface area contributed by atoms with Crippen molar-refractivity contribution in [3.8, 4) is 0 Å². The molecule has 2 aliphatic heterocycles. The molecule has 0 aromatic carbocycles. The van der Waals surface area contributed by atoms with E-state index in [4.69, 9.17) is 5.11 Å². The number of aliphatic hydroxyl groups excluding tert-OH is 1. The first-order valence-corrected chi connectivity index (χ1v) is 4.78. The Bertz CT molecular complexity index is 132. The van der Waals surface area contributed by atoms with Crippen LogP contribution in [0.2, 0.25) is 0 Å². The van der Waals surface area contributed by atoms with Crippen molar-refractivity contribution in [3.05, 3.63) is 0 Å². The van der Waals surface area contributed by atoms with Crippen molar-refractivity contribution in [1.82, 2.24) is 4.90 Å². The Morgan fingerprint density at radius 3 is 2.91 bits per heavy atom. The highest BCUT2D eigenvalue weighted by molar-refractivity contribution is 4.89. The number of hydrogen-bond acceptors (Lipinski definition) is 2. The molecule has 11 heavy (non-hydrogen) atoms. The van der Waals surface area contributed by atoms with Gasteiger partial charge in [0.25, 0.3) is 0 Å². The molecule has 0 amide bonds. The molecule has 1 unspecified atom stereocenters. The lowest BCUT2D eigenvalue weighted by Crippen LogP contribution is -2.41. The van der Waals surface area contributed by atoms with Gasteiger partial charge in [-0.15, -0.1) is 0 Å². The van der Waals surface area contributed by atoms with Crippen molar-refractivity contribution in [2.24, 2.45) is 0 Å². The van der Waals surface area contributed by atoms with Crippen LogP contribution >= 0.6 is 0 Å². The minimum Gasteiger partial charge on any atom is -0.395 e. The summed E-state index contributed by atoms with van der Waals surface area (Å²) in [5, 5.41) is 9.06. The monoisotopic (exact) mass is 155 g/mol. The van der Waals surface area contributed by atoms with Gasteiger partial charge in [-0.2, -0.15) is 0 Å². The lowest BCUT2D eigenvalue weighted by atomic mass is 10.0. The van der Waals surface area contributed by atoms with Crippen LogP contribution in [0, 0.1) is 0 Å². The van der Waals surface area contributed by atoms with Crippen molar-refractivity contribution in [1.29, 1.82) is 0 Å². The standard InChI is InChI=1S/C9H17NO/c11-7-9-5-4-8-3-1-2-6-10(8)9/h8-9,11H,1-7H2/t8-,9?/m1/s1. The number of hydrogen-bond donors (Lipinski definition) is 1. The molecule has 2 atom stereocenters. The van der Waals surface area contributed by atoms with Gasteiger partial charge >= 0.3 is 0 Å². The number of piperidine rings is 1. The molecule has 2 rings (SSSR count). The van der Waals surface area contributed by atoms with Crippen molar-refractivity contribution < 1.29 is 5.11 Å². The van der Waals surface area contributed by atoms with E-state index in [-0.39, 0.29) is 0 Å². The summed E-state index contributed by atoms with van der Waals surface area (Å²) in [4.78, 5) is 2.52. The van der Waals surface area contributed by atoms with E-state index in [1.54, 1.807) is 0 Å². The highest BCUT2D eigenvalue weighted by Gasteiger charge is 2.33. The van der Waals surface area contributed by atoms with E-state index < -0.39 is 0 Å². The normalized spacial score (nSPS) is 39.0. The minimum atomic E-state index is 0.372. The average Bonchev–Trinajstić information content (AvgIpc) is 2.47. The fraction of sp³-hybridized carbons (Fsp3) is 1.00. The Labute approximate surface area is 68.2 Å². The first-order chi connectivity index (χ1) is 5.42. The maximum atomic E-state index is 9.06. The lowest BCUT2D eigenvalue weighted by Gasteiger charge is -2.33. The molecule has 2 aliphatic rings. The van der Waals surface area contributed by atoms with Gasteiger partial charge in [0, 0.05) is 12.1 Å². The van der Waals surface area contributed by atoms with Gasteiger partial charge in [-0.25, -0.2) is 0 Å². The number of aliphatic hydroxyl groups is 1. The third-order valence-electron chi connectivity index (χ3n) is 3.19. The van der Waals surface area contributed by atoms with E-state index in [0.717, 1.165) is 6.04 Å². The number of nitrogens with zero attached hydrogens (tertiary/aromatic N) is 1. The Morgan fingerprint density at radius 1 is 1.18 bits per heavy atom. The fourth-order valence-corrected chi connectivity index (χ4v) is 2.56. The van der Waals surface area contributed by atoms with Gasteiger partial charge in [0.05, 0.1) is 6.61 Å². The van der Waals surface area contributed by atoms with E-state index in [2.05, 4.69) is 4.90 Å². The quantitative estimate of drug-likeness (QED) is 0.610. The molecular formula is C9H17NO. The third-order valence-corrected chi connectivity index (χ3v) is 3.19. The second-order valence-corrected chi connectivity index (χ2v) is 3.80. The van der Waals surface area contributed by atoms with E-state index in [1.165, 1.54) is 38.6 Å². The van der Waals surface area contributed by atoms with Crippen LogP contribution in [-0.4, -0.2) is 35.2 Å². The SMILES string of the molecule is OCC1CC[C@H]2CCCCN12. The Morgan fingerprint density at radius 2 is 2.09 bits per heavy atom. The molecule has 0 aromatic heterocycles. The predicted molar refractivity (Wildman–Crippen MR) is 44.5 cm³/mol. The van der Waals surface area contributed by atoms with Gasteiger partial charge in [0.2, 0.25) is 0 Å². The molecule has 0 radical (unpaired) electrons. The Balaban J connectivity index is 1.98. The van der Waals surface area contributed by atoms with Crippen LogP contribution < -0.4 is 0 Å². The van der Waals surface area contributed by atoms with Crippen molar-refractivity contribution in [3.63, 3.8) is 0 Å². The highest BCUT2D eigenvalue weighted by Crippen LogP contribution is 2.30. The summed E-state index contributed by atoms with van der Waals surface area (Å²) in [6.45, 7) is 1.60. The molecule has 0 saturated carbocycles. The molecule has 2 nitrogen and oxygen atoms in total. The van der Waals surface area contributed by atoms with Crippen molar-refractivity contribution in [2.45, 2.75) is 44.2 Å². The molecule has 0 bridgehead atoms. The Kier molecular flexibility index (Phi) is 2.14. The van der Waals surface area contributed by atoms with Gasteiger partial charge in [0.1, 0.15) is 0 Å². The Hall–Kier alpha value is -0.0800. The first-order valence-electron chi connectivity index (χ1n) is 4.78. The summed E-state index contributed by atoms with van der Waals surface area (Å²) >= 11 is 0. The zero-order valence-corrected chi connectivity index (χ0v) is 7.00. The first kappa shape index (κ1) is 7.56. The van der Waals surface area contributed by atoms with Crippen LogP contribution in [0.25, 0.3) is 0 Å². The van der Waals surface area contributed by atoms with Crippen LogP contribution in [0.1, 0.15) is 32.1 Å². The van der Waals surface area contributed by atoms with Crippen LogP contribution in [0.4, 0.5) is 0 Å². The molecule has 0 spiro atoms. The largest absolute Gasteiger partial charge is 0.395 e. The van der Waals surface area contributed by atoms with Crippen molar-refractivity contribution >= 4 is 0 Å². The smallest absolute Gasteiger partial charge is 0.0586 e. The van der Waals surface area contributed by atoms with Crippen LogP contribution in [0.5, 0.6) is 0 Å². The summed E-state index contributed by atoms with van der Waals surface area (Å²) in [5.41, 5.74) is 0. The second kappa shape index (κ2) is 3.11. The molecule has 2 heterocycles. The zero-order valence-electron chi connectivity index (χ0n) is 7.00. The van der Waals surface area contributed by atoms with Gasteiger partial charge in [-0.05, 0) is 32.2 Å². The van der Waals surface area contributed by atoms with E-state index in [1.807, 2.05) is 0 Å². The maximum Gasteiger partial charge on any atom is 0.0586 e. The molecule has 2 heteroatoms. The summed E-state index contributed by atoms with van der Waals surface area (Å²) < 4.78 is 0. The second-order valence-electron chi connectivity index (χ2n) is 3.80. The van der Waals surface area contributed by atoms with Gasteiger partial charge in [0.15, 0.2) is 0 Å². The van der Waals surface area contributed by atoms with Gasteiger partial charge in [-0.1, -0.05) is 6.42 Å². The fourth-order valence-electron chi connectivity index (χ4n) is 2.56. The number of fused-ring (bicyclic) bond motifs is 1. The zero-order chi connectivity index (χ0) is 7.68. The summed E-state index contributed by atoms with van der Waals surface area (Å²) in [6.07, 6.45) is 6.66. The molecule has 2 saturated heterocycles. The lowest BCUT2D eigenvalue weighted by molar-refractivity contribution is 0.104. The average molecular weight is 155 g/mol. The minimum absolute atomic E-state index is 0.372. The van der Waals surface area contributed by atoms with Crippen LogP contribution in [-0.2, 0) is 0 Å². The topological polar surface area (TPSA) is 23.5 Å². The molecule has 2 fully saturated rings. The summed E-state index contributed by atoms with van der Waals surface area (Å²) in [7, 11) is 0. The van der Waals surface area contributed by atoms with E-state index in [0.29, 0.717) is 12.6 Å². The predicted octanol–water partition coefficient (Wildman–Crippen LogP) is 0.996. The van der Waals surface area contributed by atoms with E-state index in [9.17, 15) is 0 Å². The maximum absolute atomic E-state index is 9.06. The van der Waals surface area contributed by atoms with Gasteiger partial charge in [-0.3, -0.25) is 4.90 Å². The van der Waals surface area contributed by atoms with Crippen molar-refractivity contribution in [2.75, 3.05) is 13.2 Å². The van der Waals surface area contributed by atoms with Gasteiger partial charge < -0.3 is 5.11 Å². The van der Waals surface area contributed by atoms with Crippen LogP contribution in [0.3, 0.4) is 0 Å². The molecule has 64 valence electrons. The molecule has 0 aliphatic carbocycles. The summed E-state index contributed by atoms with van der Waals surface area (Å²) in [5.74, 6) is 0. The summed E-state index contributed by atoms with van der Waals surface area (Å²) in [6, 6.07) is 1.32. The highest BCUT2D eigenvalue weighted by atomic mass is 16.3. The molecule has 1 N–H and O–H groups in total.